The van der Waals surface area contributed by atoms with Crippen LogP contribution in [0, 0.1) is 0 Å². The second-order valence-electron chi connectivity index (χ2n) is 7.08. The molecule has 146 valence electrons. The zero-order valence-electron chi connectivity index (χ0n) is 15.6. The van der Waals surface area contributed by atoms with Gasteiger partial charge >= 0.3 is 0 Å². The third-order valence-corrected chi connectivity index (χ3v) is 4.94. The van der Waals surface area contributed by atoms with Crippen molar-refractivity contribution < 1.29 is 19.1 Å². The van der Waals surface area contributed by atoms with Crippen LogP contribution in [0.15, 0.2) is 24.3 Å². The Hall–Kier alpha value is -2.57. The first-order valence-electron chi connectivity index (χ1n) is 9.70. The number of rotatable bonds is 6. The van der Waals surface area contributed by atoms with Crippen LogP contribution >= 0.6 is 0 Å². The number of ether oxygens (including phenoxy) is 1. The smallest absolute Gasteiger partial charge is 0.260 e. The van der Waals surface area contributed by atoms with Crippen molar-refractivity contribution in [1.82, 2.24) is 9.80 Å². The Kier molecular flexibility index (Phi) is 6.68. The van der Waals surface area contributed by atoms with Crippen molar-refractivity contribution in [2.45, 2.75) is 38.5 Å². The van der Waals surface area contributed by atoms with Gasteiger partial charge in [0.1, 0.15) is 5.75 Å². The van der Waals surface area contributed by atoms with Gasteiger partial charge in [-0.25, -0.2) is 0 Å². The minimum Gasteiger partial charge on any atom is -0.484 e. The molecule has 3 rings (SSSR count). The van der Waals surface area contributed by atoms with Crippen LogP contribution in [0.5, 0.6) is 5.75 Å². The van der Waals surface area contributed by atoms with Gasteiger partial charge in [-0.2, -0.15) is 0 Å². The van der Waals surface area contributed by atoms with Crippen LogP contribution < -0.4 is 10.1 Å². The number of carbonyl (C=O) groups is 3. The molecule has 27 heavy (non-hydrogen) atoms. The van der Waals surface area contributed by atoms with Gasteiger partial charge in [0.15, 0.2) is 6.61 Å². The molecule has 2 heterocycles. The molecule has 0 saturated carbocycles. The lowest BCUT2D eigenvalue weighted by molar-refractivity contribution is -0.134. The second-order valence-corrected chi connectivity index (χ2v) is 7.08. The van der Waals surface area contributed by atoms with E-state index in [9.17, 15) is 14.4 Å². The molecule has 2 fully saturated rings. The van der Waals surface area contributed by atoms with E-state index < -0.39 is 0 Å². The maximum Gasteiger partial charge on any atom is 0.260 e. The van der Waals surface area contributed by atoms with Gasteiger partial charge in [-0.3, -0.25) is 14.4 Å². The molecular weight excluding hydrogens is 346 g/mol. The molecule has 1 aromatic carbocycles. The van der Waals surface area contributed by atoms with E-state index in [1.165, 1.54) is 0 Å². The zero-order valence-corrected chi connectivity index (χ0v) is 15.6. The summed E-state index contributed by atoms with van der Waals surface area (Å²) in [6.07, 6.45) is 5.47. The maximum absolute atomic E-state index is 12.3. The van der Waals surface area contributed by atoms with Crippen LogP contribution in [0.1, 0.15) is 38.5 Å². The number of hydrogen-bond acceptors (Lipinski definition) is 4. The van der Waals surface area contributed by atoms with Gasteiger partial charge in [-0.15, -0.1) is 0 Å². The molecule has 2 aliphatic heterocycles. The fourth-order valence-electron chi connectivity index (χ4n) is 3.45. The molecule has 0 radical (unpaired) electrons. The van der Waals surface area contributed by atoms with E-state index in [0.29, 0.717) is 24.4 Å². The fraction of sp³-hybridized carbons (Fsp3) is 0.550. The molecule has 2 saturated heterocycles. The summed E-state index contributed by atoms with van der Waals surface area (Å²) >= 11 is 0. The van der Waals surface area contributed by atoms with Gasteiger partial charge in [0.2, 0.25) is 11.8 Å². The van der Waals surface area contributed by atoms with E-state index in [2.05, 4.69) is 5.32 Å². The monoisotopic (exact) mass is 373 g/mol. The van der Waals surface area contributed by atoms with Crippen molar-refractivity contribution >= 4 is 23.4 Å². The van der Waals surface area contributed by atoms with Gasteiger partial charge in [-0.1, -0.05) is 12.5 Å². The fourth-order valence-corrected chi connectivity index (χ4v) is 3.45. The van der Waals surface area contributed by atoms with Crippen LogP contribution in [-0.4, -0.2) is 60.3 Å². The number of benzene rings is 1. The van der Waals surface area contributed by atoms with Gasteiger partial charge in [0.25, 0.3) is 5.91 Å². The number of carbonyl (C=O) groups excluding carboxylic acids is 3. The number of likely N-dealkylation sites (tertiary alicyclic amines) is 2. The van der Waals surface area contributed by atoms with Crippen molar-refractivity contribution in [2.75, 3.05) is 38.1 Å². The summed E-state index contributed by atoms with van der Waals surface area (Å²) in [5.74, 6) is 0.337. The van der Waals surface area contributed by atoms with E-state index >= 15 is 0 Å². The Morgan fingerprint density at radius 1 is 1.04 bits per heavy atom. The highest BCUT2D eigenvalue weighted by Crippen LogP contribution is 2.18. The Labute approximate surface area is 159 Å². The molecule has 0 bridgehead atoms. The topological polar surface area (TPSA) is 79.0 Å². The molecule has 7 heteroatoms. The molecule has 1 N–H and O–H groups in total. The molecule has 2 aliphatic rings. The Morgan fingerprint density at radius 3 is 2.63 bits per heavy atom. The van der Waals surface area contributed by atoms with Crippen molar-refractivity contribution in [1.29, 1.82) is 0 Å². The highest BCUT2D eigenvalue weighted by Gasteiger charge is 2.20. The molecule has 3 amide bonds. The number of hydrogen-bond donors (Lipinski definition) is 1. The van der Waals surface area contributed by atoms with E-state index in [1.807, 2.05) is 4.90 Å². The maximum atomic E-state index is 12.3. The molecular formula is C20H27N3O4. The lowest BCUT2D eigenvalue weighted by Gasteiger charge is -2.20. The third kappa shape index (κ3) is 5.70. The number of amides is 3. The second kappa shape index (κ2) is 9.39. The number of nitrogens with one attached hydrogen (secondary N) is 1. The summed E-state index contributed by atoms with van der Waals surface area (Å²) in [7, 11) is 0. The third-order valence-electron chi connectivity index (χ3n) is 4.94. The van der Waals surface area contributed by atoms with E-state index in [4.69, 9.17) is 4.74 Å². The standard InChI is InChI=1S/C20H27N3O4/c24-18(14-23-12-3-1-2-9-19(23)25)21-16-7-6-8-17(13-16)27-15-20(26)22-10-4-5-11-22/h6-8,13H,1-5,9-12,14-15H2,(H,21,24). The summed E-state index contributed by atoms with van der Waals surface area (Å²) in [6, 6.07) is 6.98. The summed E-state index contributed by atoms with van der Waals surface area (Å²) in [4.78, 5) is 39.8. The van der Waals surface area contributed by atoms with Crippen LogP contribution in [0.4, 0.5) is 5.69 Å². The number of nitrogens with zero attached hydrogens (tertiary/aromatic N) is 2. The lowest BCUT2D eigenvalue weighted by atomic mass is 10.2. The number of anilines is 1. The molecule has 7 nitrogen and oxygen atoms in total. The normalized spacial score (nSPS) is 17.6. The summed E-state index contributed by atoms with van der Waals surface area (Å²) in [5.41, 5.74) is 0.591. The first-order valence-corrected chi connectivity index (χ1v) is 9.70. The molecule has 0 aromatic heterocycles. The van der Waals surface area contributed by atoms with Crippen LogP contribution in [-0.2, 0) is 14.4 Å². The molecule has 0 atom stereocenters. The average Bonchev–Trinajstić information content (AvgIpc) is 3.12. The first kappa shape index (κ1) is 19.2. The van der Waals surface area contributed by atoms with E-state index in [-0.39, 0.29) is 30.9 Å². The molecule has 0 unspecified atom stereocenters. The van der Waals surface area contributed by atoms with E-state index in [0.717, 1.165) is 45.2 Å². The van der Waals surface area contributed by atoms with Gasteiger partial charge in [0.05, 0.1) is 6.54 Å². The Morgan fingerprint density at radius 2 is 1.81 bits per heavy atom. The Balaban J connectivity index is 1.49. The minimum absolute atomic E-state index is 0.000318. The van der Waals surface area contributed by atoms with Gasteiger partial charge in [-0.05, 0) is 37.8 Å². The lowest BCUT2D eigenvalue weighted by Crippen LogP contribution is -2.37. The molecule has 0 spiro atoms. The van der Waals surface area contributed by atoms with Crippen LogP contribution in [0.25, 0.3) is 0 Å². The summed E-state index contributed by atoms with van der Waals surface area (Å²) in [6.45, 7) is 2.30. The van der Waals surface area contributed by atoms with Crippen LogP contribution in [0.2, 0.25) is 0 Å². The van der Waals surface area contributed by atoms with Crippen LogP contribution in [0.3, 0.4) is 0 Å². The molecule has 1 aromatic rings. The Bertz CT molecular complexity index is 686. The first-order chi connectivity index (χ1) is 13.1. The van der Waals surface area contributed by atoms with Crippen molar-refractivity contribution in [3.63, 3.8) is 0 Å². The zero-order chi connectivity index (χ0) is 19.1. The predicted molar refractivity (Wildman–Crippen MR) is 101 cm³/mol. The predicted octanol–water partition coefficient (Wildman–Crippen LogP) is 2.03. The summed E-state index contributed by atoms with van der Waals surface area (Å²) < 4.78 is 5.58. The quantitative estimate of drug-likeness (QED) is 0.828. The van der Waals surface area contributed by atoms with E-state index in [1.54, 1.807) is 29.2 Å². The summed E-state index contributed by atoms with van der Waals surface area (Å²) in [5, 5.41) is 2.81. The highest BCUT2D eigenvalue weighted by molar-refractivity contribution is 5.94. The van der Waals surface area contributed by atoms with Crippen molar-refractivity contribution in [3.8, 4) is 5.75 Å². The molecule has 0 aliphatic carbocycles. The average molecular weight is 373 g/mol. The largest absolute Gasteiger partial charge is 0.484 e. The van der Waals surface area contributed by atoms with Gasteiger partial charge < -0.3 is 19.9 Å². The van der Waals surface area contributed by atoms with Crippen molar-refractivity contribution in [3.05, 3.63) is 24.3 Å². The minimum atomic E-state index is -0.226. The SMILES string of the molecule is O=C(CN1CCCCCC1=O)Nc1cccc(OCC(=O)N2CCCC2)c1. The highest BCUT2D eigenvalue weighted by atomic mass is 16.5. The van der Waals surface area contributed by atoms with Crippen molar-refractivity contribution in [2.24, 2.45) is 0 Å². The van der Waals surface area contributed by atoms with Gasteiger partial charge in [0, 0.05) is 37.8 Å².